The molecule has 3 aromatic carbocycles. The Labute approximate surface area is 258 Å². The van der Waals surface area contributed by atoms with E-state index in [0.717, 1.165) is 51.8 Å². The molecule has 10 heteroatoms. The van der Waals surface area contributed by atoms with Crippen LogP contribution in [0.5, 0.6) is 5.75 Å². The number of pyridine rings is 2. The second-order valence-corrected chi connectivity index (χ2v) is 10.5. The minimum atomic E-state index is -0.410. The van der Waals surface area contributed by atoms with Gasteiger partial charge in [-0.3, -0.25) is 20.1 Å². The number of hydrogen-bond acceptors (Lipinski definition) is 6. The quantitative estimate of drug-likeness (QED) is 0.109. The van der Waals surface area contributed by atoms with Gasteiger partial charge in [0.15, 0.2) is 0 Å². The number of alkyl halides is 1. The molecule has 5 aromatic rings. The van der Waals surface area contributed by atoms with Crippen LogP contribution in [0.2, 0.25) is 0 Å². The van der Waals surface area contributed by atoms with E-state index in [9.17, 15) is 18.9 Å². The number of rotatable bonds is 8. The summed E-state index contributed by atoms with van der Waals surface area (Å²) in [6.07, 6.45) is 8.65. The third-order valence-electron chi connectivity index (χ3n) is 7.09. The van der Waals surface area contributed by atoms with Gasteiger partial charge in [-0.1, -0.05) is 24.3 Å². The average Bonchev–Trinajstić information content (AvgIpc) is 3.05. The lowest BCUT2D eigenvalue weighted by molar-refractivity contribution is -0.385. The van der Waals surface area contributed by atoms with Crippen LogP contribution in [-0.2, 0) is 18.8 Å². The number of nitrogens with zero attached hydrogens (tertiary/aromatic N) is 3. The molecule has 1 aliphatic heterocycles. The number of non-ortho nitro benzene ring substituents is 1. The lowest BCUT2D eigenvalue weighted by Gasteiger charge is -2.26. The maximum absolute atomic E-state index is 13.1. The summed E-state index contributed by atoms with van der Waals surface area (Å²) in [7, 11) is 0. The SMILES string of the molecule is Fc1ccc(-c2cncc(CCl)c2)cc1.O=[N+]([O-])c1ccc2c(c1)OC(CNCc1cncc(-c3ccc(F)cc3)c1)CC2. The number of nitro groups is 1. The van der Waals surface area contributed by atoms with Crippen molar-refractivity contribution in [2.45, 2.75) is 31.4 Å². The van der Waals surface area contributed by atoms with Crippen molar-refractivity contribution in [3.8, 4) is 28.0 Å². The van der Waals surface area contributed by atoms with Gasteiger partial charge in [-0.2, -0.15) is 0 Å². The van der Waals surface area contributed by atoms with Crippen molar-refractivity contribution in [3.05, 3.63) is 142 Å². The van der Waals surface area contributed by atoms with E-state index in [2.05, 4.69) is 15.3 Å². The molecule has 44 heavy (non-hydrogen) atoms. The van der Waals surface area contributed by atoms with Gasteiger partial charge in [0.25, 0.3) is 5.69 Å². The highest BCUT2D eigenvalue weighted by atomic mass is 35.5. The number of benzene rings is 3. The summed E-state index contributed by atoms with van der Waals surface area (Å²) in [6, 6.07) is 21.4. The first-order chi connectivity index (χ1) is 21.4. The summed E-state index contributed by atoms with van der Waals surface area (Å²) in [5, 5.41) is 14.3. The van der Waals surface area contributed by atoms with Gasteiger partial charge in [-0.05, 0) is 83.1 Å². The molecule has 0 radical (unpaired) electrons. The molecule has 6 rings (SSSR count). The highest BCUT2D eigenvalue weighted by Gasteiger charge is 2.22. The average molecular weight is 615 g/mol. The molecular formula is C34H29ClF2N4O3. The highest BCUT2D eigenvalue weighted by molar-refractivity contribution is 6.17. The molecule has 0 fully saturated rings. The molecule has 0 saturated heterocycles. The lowest BCUT2D eigenvalue weighted by Crippen LogP contribution is -2.34. The first-order valence-electron chi connectivity index (χ1n) is 14.0. The van der Waals surface area contributed by atoms with Gasteiger partial charge in [0.1, 0.15) is 23.5 Å². The minimum absolute atomic E-state index is 0.0426. The van der Waals surface area contributed by atoms with E-state index >= 15 is 0 Å². The fourth-order valence-electron chi connectivity index (χ4n) is 4.79. The Morgan fingerprint density at radius 2 is 1.41 bits per heavy atom. The van der Waals surface area contributed by atoms with Crippen LogP contribution in [-0.4, -0.2) is 27.5 Å². The predicted octanol–water partition coefficient (Wildman–Crippen LogP) is 7.91. The van der Waals surface area contributed by atoms with Gasteiger partial charge in [0, 0.05) is 61.0 Å². The van der Waals surface area contributed by atoms with Crippen molar-refractivity contribution in [2.75, 3.05) is 6.54 Å². The number of halogens is 3. The maximum Gasteiger partial charge on any atom is 0.273 e. The monoisotopic (exact) mass is 614 g/mol. The van der Waals surface area contributed by atoms with Crippen LogP contribution in [0.4, 0.5) is 14.5 Å². The fourth-order valence-corrected chi connectivity index (χ4v) is 4.94. The Morgan fingerprint density at radius 3 is 2.00 bits per heavy atom. The van der Waals surface area contributed by atoms with Crippen molar-refractivity contribution in [3.63, 3.8) is 0 Å². The molecule has 1 unspecified atom stereocenters. The number of aryl methyl sites for hydroxylation is 1. The van der Waals surface area contributed by atoms with Crippen LogP contribution >= 0.6 is 11.6 Å². The summed E-state index contributed by atoms with van der Waals surface area (Å²) in [6.45, 7) is 1.24. The molecule has 0 aliphatic carbocycles. The molecule has 3 heterocycles. The Balaban J connectivity index is 0.000000215. The number of nitrogens with one attached hydrogen (secondary N) is 1. The van der Waals surface area contributed by atoms with Crippen molar-refractivity contribution >= 4 is 17.3 Å². The maximum atomic E-state index is 13.1. The van der Waals surface area contributed by atoms with Crippen LogP contribution in [0.1, 0.15) is 23.1 Å². The van der Waals surface area contributed by atoms with Crippen LogP contribution in [0.15, 0.2) is 104 Å². The molecule has 0 saturated carbocycles. The van der Waals surface area contributed by atoms with Gasteiger partial charge in [0.05, 0.1) is 11.0 Å². The van der Waals surface area contributed by atoms with Crippen LogP contribution < -0.4 is 10.1 Å². The lowest BCUT2D eigenvalue weighted by atomic mass is 10.0. The van der Waals surface area contributed by atoms with E-state index in [0.29, 0.717) is 24.7 Å². The molecular weight excluding hydrogens is 586 g/mol. The number of ether oxygens (including phenoxy) is 1. The third kappa shape index (κ3) is 8.21. The smallest absolute Gasteiger partial charge is 0.273 e. The van der Waals surface area contributed by atoms with E-state index in [4.69, 9.17) is 16.3 Å². The van der Waals surface area contributed by atoms with Gasteiger partial charge in [-0.25, -0.2) is 8.78 Å². The zero-order valence-electron chi connectivity index (χ0n) is 23.6. The largest absolute Gasteiger partial charge is 0.489 e. The fraction of sp³-hybridized carbons (Fsp3) is 0.176. The summed E-state index contributed by atoms with van der Waals surface area (Å²) >= 11 is 5.71. The number of nitro benzene ring substituents is 1. The van der Waals surface area contributed by atoms with E-state index in [-0.39, 0.29) is 23.4 Å². The predicted molar refractivity (Wildman–Crippen MR) is 166 cm³/mol. The third-order valence-corrected chi connectivity index (χ3v) is 7.40. The topological polar surface area (TPSA) is 90.2 Å². The molecule has 0 spiro atoms. The molecule has 2 aromatic heterocycles. The molecule has 1 aliphatic rings. The number of hydrogen-bond donors (Lipinski definition) is 1. The second-order valence-electron chi connectivity index (χ2n) is 10.3. The van der Waals surface area contributed by atoms with E-state index in [1.54, 1.807) is 55.1 Å². The Morgan fingerprint density at radius 1 is 0.818 bits per heavy atom. The van der Waals surface area contributed by atoms with Crippen LogP contribution in [0.25, 0.3) is 22.3 Å². The first-order valence-corrected chi connectivity index (χ1v) is 14.5. The van der Waals surface area contributed by atoms with Crippen molar-refractivity contribution in [1.82, 2.24) is 15.3 Å². The summed E-state index contributed by atoms with van der Waals surface area (Å²) < 4.78 is 31.8. The standard InChI is InChI=1S/C22H20FN3O3.C12H9ClFN/c23-19-5-1-16(2-6-19)18-9-15(11-24-13-18)12-25-14-21-8-4-17-3-7-20(26(27)28)10-22(17)29-21;13-6-9-5-11(8-15-7-9)10-1-3-12(14)4-2-10/h1-3,5-7,9-11,13,21,25H,4,8,12,14H2;1-5,7-8H,6H2. The molecule has 1 atom stereocenters. The summed E-state index contributed by atoms with van der Waals surface area (Å²) in [5.41, 5.74) is 6.75. The zero-order chi connectivity index (χ0) is 30.9. The van der Waals surface area contributed by atoms with Gasteiger partial charge >= 0.3 is 0 Å². The molecule has 1 N–H and O–H groups in total. The van der Waals surface area contributed by atoms with E-state index in [1.165, 1.54) is 36.4 Å². The Kier molecular flexibility index (Phi) is 10.2. The van der Waals surface area contributed by atoms with Crippen LogP contribution in [0.3, 0.4) is 0 Å². The van der Waals surface area contributed by atoms with Gasteiger partial charge in [-0.15, -0.1) is 11.6 Å². The molecule has 0 amide bonds. The van der Waals surface area contributed by atoms with Gasteiger partial charge in [0.2, 0.25) is 0 Å². The van der Waals surface area contributed by atoms with Crippen LogP contribution in [0, 0.1) is 21.7 Å². The second kappa shape index (κ2) is 14.6. The van der Waals surface area contributed by atoms with Crippen molar-refractivity contribution < 1.29 is 18.4 Å². The Bertz CT molecular complexity index is 1720. The molecule has 7 nitrogen and oxygen atoms in total. The first kappa shape index (κ1) is 30.7. The number of fused-ring (bicyclic) bond motifs is 1. The molecule has 0 bridgehead atoms. The van der Waals surface area contributed by atoms with Gasteiger partial charge < -0.3 is 10.1 Å². The zero-order valence-corrected chi connectivity index (χ0v) is 24.4. The summed E-state index contributed by atoms with van der Waals surface area (Å²) in [4.78, 5) is 18.9. The summed E-state index contributed by atoms with van der Waals surface area (Å²) in [5.74, 6) is 0.526. The van der Waals surface area contributed by atoms with Crippen molar-refractivity contribution in [2.24, 2.45) is 0 Å². The minimum Gasteiger partial charge on any atom is -0.489 e. The molecule has 224 valence electrons. The van der Waals surface area contributed by atoms with E-state index in [1.807, 2.05) is 12.1 Å². The number of aromatic nitrogens is 2. The van der Waals surface area contributed by atoms with Crippen molar-refractivity contribution in [1.29, 1.82) is 0 Å². The van der Waals surface area contributed by atoms with E-state index < -0.39 is 4.92 Å². The highest BCUT2D eigenvalue weighted by Crippen LogP contribution is 2.31. The normalized spacial score (nSPS) is 13.7. The Hall–Kier alpha value is -4.73.